The van der Waals surface area contributed by atoms with E-state index in [-0.39, 0.29) is 134 Å². The second kappa shape index (κ2) is 35.3. The van der Waals surface area contributed by atoms with Crippen molar-refractivity contribution in [3.05, 3.63) is 177 Å². The molecular formula is C56H62Br2K2N2O9. The molecule has 0 unspecified atom stereocenters. The number of aryl methyl sites for hydroxylation is 1. The van der Waals surface area contributed by atoms with Gasteiger partial charge in [0.15, 0.2) is 0 Å². The number of methoxy groups -OCH3 is 2. The van der Waals surface area contributed by atoms with Crippen LogP contribution in [-0.2, 0) is 45.5 Å². The van der Waals surface area contributed by atoms with Crippen molar-refractivity contribution in [2.75, 3.05) is 24.4 Å². The molecule has 0 saturated heterocycles. The number of amides is 2. The van der Waals surface area contributed by atoms with E-state index < -0.39 is 0 Å². The van der Waals surface area contributed by atoms with Crippen LogP contribution < -0.4 is 137 Å². The number of carbonyl (C=O) groups excluding carboxylic acids is 3. The van der Waals surface area contributed by atoms with Gasteiger partial charge in [-0.2, -0.15) is 0 Å². The Balaban J connectivity index is 0.000000387. The predicted octanol–water partition coefficient (Wildman–Crippen LogP) is 6.73. The third-order valence-corrected chi connectivity index (χ3v) is 13.1. The summed E-state index contributed by atoms with van der Waals surface area (Å²) in [6.07, 6.45) is 9.53. The Morgan fingerprint density at radius 1 is 0.620 bits per heavy atom. The van der Waals surface area contributed by atoms with Crippen molar-refractivity contribution in [2.24, 2.45) is 11.8 Å². The van der Waals surface area contributed by atoms with Crippen LogP contribution in [0.2, 0.25) is 0 Å². The molecule has 0 aliphatic heterocycles. The maximum atomic E-state index is 13.6. The van der Waals surface area contributed by atoms with E-state index in [0.29, 0.717) is 19.8 Å². The van der Waals surface area contributed by atoms with Crippen molar-refractivity contribution in [1.29, 1.82) is 0 Å². The molecule has 1 N–H and O–H groups in total. The first-order valence-corrected chi connectivity index (χ1v) is 24.8. The summed E-state index contributed by atoms with van der Waals surface area (Å²) >= 11 is 7.16. The molecule has 0 atom stereocenters. The number of halogens is 2. The predicted molar refractivity (Wildman–Crippen MR) is 277 cm³/mol. The topological polar surface area (TPSA) is 136 Å². The van der Waals surface area contributed by atoms with E-state index >= 15 is 0 Å². The number of rotatable bonds is 16. The van der Waals surface area contributed by atoms with E-state index in [1.807, 2.05) is 138 Å². The van der Waals surface area contributed by atoms with Crippen LogP contribution in [0.25, 0.3) is 0 Å². The van der Waals surface area contributed by atoms with Crippen LogP contribution in [0.3, 0.4) is 0 Å². The summed E-state index contributed by atoms with van der Waals surface area (Å²) < 4.78 is 23.9. The Labute approximate surface area is 522 Å². The second-order valence-electron chi connectivity index (χ2n) is 16.4. The largest absolute Gasteiger partial charge is 1.00 e. The quantitative estimate of drug-likeness (QED) is 0.0485. The maximum absolute atomic E-state index is 13.6. The molecule has 2 aliphatic rings. The van der Waals surface area contributed by atoms with Crippen molar-refractivity contribution in [2.45, 2.75) is 84.5 Å². The summed E-state index contributed by atoms with van der Waals surface area (Å²) in [5, 5.41) is 11.5. The molecular weight excluding hydrogens is 1080 g/mol. The summed E-state index contributed by atoms with van der Waals surface area (Å²) in [5.74, 6) is 3.74. The van der Waals surface area contributed by atoms with Gasteiger partial charge in [-0.15, -0.1) is 0 Å². The van der Waals surface area contributed by atoms with Crippen LogP contribution in [0.4, 0.5) is 11.4 Å². The van der Waals surface area contributed by atoms with Gasteiger partial charge in [0.25, 0.3) is 6.47 Å². The molecule has 0 spiro atoms. The monoisotopic (exact) mass is 1140 g/mol. The summed E-state index contributed by atoms with van der Waals surface area (Å²) in [6, 6.07) is 47.7. The standard InChI is InChI=1S/C27H28BrNO3.C19H20BrNO2.C9H12O.CH2O3.2K.H/c1-31-23-13-11-20(12-14-23)18-29(27(30)22-9-5-6-10-22)26-17-24(15-16-25(26)28)32-19-21-7-3-2-4-8-21;20-17-11-10-16(23-13-14-6-2-1-3-7-14)12-18(17)21-19(22)15-8-4-5-9-15;1-3-8-4-6-9(10-2)7-5-8;2-1-4-3;;;/h2-4,7-8,11-17,22H,5-6,9-10,18-19H2,1H3;1-3,6-7,10-12,15H,4-5,8-9,13H2,(H,21,22);4-7H,3H2,1-2H3;1,3H;;;/q;;;;2*+1;-1/p-1. The smallest absolute Gasteiger partial charge is 1.00 e. The zero-order valence-corrected chi connectivity index (χ0v) is 50.9. The van der Waals surface area contributed by atoms with Crippen molar-refractivity contribution in [3.63, 3.8) is 0 Å². The second-order valence-corrected chi connectivity index (χ2v) is 18.1. The van der Waals surface area contributed by atoms with E-state index in [9.17, 15) is 9.59 Å². The van der Waals surface area contributed by atoms with E-state index in [2.05, 4.69) is 61.1 Å². The molecule has 6 aromatic carbocycles. The number of nitrogens with zero attached hydrogens (tertiary/aromatic N) is 1. The first-order chi connectivity index (χ1) is 33.6. The molecule has 71 heavy (non-hydrogen) atoms. The van der Waals surface area contributed by atoms with E-state index in [0.717, 1.165) is 118 Å². The molecule has 2 saturated carbocycles. The Morgan fingerprint density at radius 2 is 1.06 bits per heavy atom. The number of anilines is 2. The van der Waals surface area contributed by atoms with Gasteiger partial charge in [0.2, 0.25) is 11.8 Å². The van der Waals surface area contributed by atoms with E-state index in [1.54, 1.807) is 14.2 Å². The zero-order valence-electron chi connectivity index (χ0n) is 42.5. The molecule has 2 fully saturated rings. The molecule has 6 aromatic rings. The van der Waals surface area contributed by atoms with Crippen LogP contribution in [0.15, 0.2) is 155 Å². The van der Waals surface area contributed by atoms with Crippen LogP contribution in [-0.4, -0.2) is 32.5 Å². The third kappa shape index (κ3) is 21.9. The minimum atomic E-state index is -0.181. The van der Waals surface area contributed by atoms with Gasteiger partial charge in [0, 0.05) is 32.9 Å². The fraction of sp³-hybridized carbons (Fsp3) is 0.304. The Morgan fingerprint density at radius 3 is 1.52 bits per heavy atom. The Kier molecular flexibility index (Phi) is 31.1. The number of ether oxygens (including phenoxy) is 4. The van der Waals surface area contributed by atoms with Gasteiger partial charge >= 0.3 is 103 Å². The minimum absolute atomic E-state index is 0. The first-order valence-electron chi connectivity index (χ1n) is 23.2. The first kappa shape index (κ1) is 62.4. The van der Waals surface area contributed by atoms with Gasteiger partial charge in [0.1, 0.15) is 36.2 Å². The van der Waals surface area contributed by atoms with Crippen LogP contribution in [0.5, 0.6) is 23.0 Å². The molecule has 366 valence electrons. The number of carbonyl (C=O) groups is 3. The fourth-order valence-corrected chi connectivity index (χ4v) is 8.64. The third-order valence-electron chi connectivity index (χ3n) is 11.7. The Hall–Kier alpha value is -2.88. The Bertz CT molecular complexity index is 2440. The maximum Gasteiger partial charge on any atom is 1.00 e. The van der Waals surface area contributed by atoms with Crippen LogP contribution >= 0.6 is 31.9 Å². The summed E-state index contributed by atoms with van der Waals surface area (Å²) in [6.45, 7) is 3.46. The van der Waals surface area contributed by atoms with Gasteiger partial charge in [-0.25, -0.2) is 0 Å². The summed E-state index contributed by atoms with van der Waals surface area (Å²) in [5.41, 5.74) is 6.23. The number of benzene rings is 6. The molecule has 15 heteroatoms. The number of hydrogen-bond acceptors (Lipinski definition) is 9. The fourth-order valence-electron chi connectivity index (χ4n) is 7.83. The average Bonchev–Trinajstić information content (AvgIpc) is 4.16. The molecule has 0 radical (unpaired) electrons. The number of nitrogens with one attached hydrogen (secondary N) is 1. The van der Waals surface area contributed by atoms with Gasteiger partial charge in [-0.05, 0) is 135 Å². The molecule has 2 aliphatic carbocycles. The molecule has 11 nitrogen and oxygen atoms in total. The summed E-state index contributed by atoms with van der Waals surface area (Å²) in [4.78, 5) is 39.0. The number of hydrogen-bond donors (Lipinski definition) is 1. The van der Waals surface area contributed by atoms with Gasteiger partial charge in [-0.3, -0.25) is 14.4 Å². The van der Waals surface area contributed by atoms with Crippen molar-refractivity contribution in [3.8, 4) is 23.0 Å². The van der Waals surface area contributed by atoms with Gasteiger partial charge in [0.05, 0.1) is 32.1 Å². The average molecular weight is 1150 g/mol. The van der Waals surface area contributed by atoms with Crippen LogP contribution in [0.1, 0.15) is 82.0 Å². The van der Waals surface area contributed by atoms with Crippen molar-refractivity contribution >= 4 is 61.5 Å². The molecule has 8 rings (SSSR count). The molecule has 2 amide bonds. The van der Waals surface area contributed by atoms with E-state index in [1.165, 1.54) is 5.56 Å². The molecule has 0 aromatic heterocycles. The normalized spacial score (nSPS) is 12.5. The summed E-state index contributed by atoms with van der Waals surface area (Å²) in [7, 11) is 3.34. The van der Waals surface area contributed by atoms with Crippen LogP contribution in [0, 0.1) is 11.8 Å². The molecule has 0 heterocycles. The van der Waals surface area contributed by atoms with Gasteiger partial charge in [-0.1, -0.05) is 118 Å². The molecule has 0 bridgehead atoms. The zero-order chi connectivity index (χ0) is 49.2. The van der Waals surface area contributed by atoms with E-state index in [4.69, 9.17) is 29.0 Å². The van der Waals surface area contributed by atoms with Crippen molar-refractivity contribution < 1.29 is 148 Å². The minimum Gasteiger partial charge on any atom is -1.00 e. The SMILES string of the molecule is CCc1ccc(OC)cc1.COc1ccc(CN(C(=O)C2CCCC2)c2cc(OCc3ccccc3)ccc2Br)cc1.O=C(Nc1cc(OCc2ccccc2)ccc1Br)C1CCCC1.O=CO[O-].[H-].[K+].[K+]. The van der Waals surface area contributed by atoms with Crippen molar-refractivity contribution in [1.82, 2.24) is 0 Å². The van der Waals surface area contributed by atoms with Gasteiger partial charge < -0.3 is 40.7 Å².